The highest BCUT2D eigenvalue weighted by Gasteiger charge is 2.03. The van der Waals surface area contributed by atoms with Crippen LogP contribution >= 0.6 is 23.2 Å². The monoisotopic (exact) mass is 244 g/mol. The number of halogens is 2. The molecule has 0 aliphatic rings. The second-order valence-corrected chi connectivity index (χ2v) is 4.20. The zero-order valence-corrected chi connectivity index (χ0v) is 10.4. The SMILES string of the molecule is CN(C)/N=C\CCc1c(Cl)cccc1Cl. The van der Waals surface area contributed by atoms with Crippen molar-refractivity contribution in [2.75, 3.05) is 14.1 Å². The Balaban J connectivity index is 2.58. The third-order valence-electron chi connectivity index (χ3n) is 1.90. The van der Waals surface area contributed by atoms with Crippen molar-refractivity contribution in [3.8, 4) is 0 Å². The third-order valence-corrected chi connectivity index (χ3v) is 2.61. The van der Waals surface area contributed by atoms with Crippen molar-refractivity contribution in [2.24, 2.45) is 5.10 Å². The van der Waals surface area contributed by atoms with Gasteiger partial charge < -0.3 is 5.01 Å². The summed E-state index contributed by atoms with van der Waals surface area (Å²) in [7, 11) is 3.78. The summed E-state index contributed by atoms with van der Waals surface area (Å²) in [5, 5.41) is 7.33. The van der Waals surface area contributed by atoms with Crippen LogP contribution in [0.5, 0.6) is 0 Å². The average molecular weight is 245 g/mol. The largest absolute Gasteiger partial charge is 0.303 e. The fraction of sp³-hybridized carbons (Fsp3) is 0.364. The fourth-order valence-electron chi connectivity index (χ4n) is 1.20. The predicted molar refractivity (Wildman–Crippen MR) is 67.0 cm³/mol. The summed E-state index contributed by atoms with van der Waals surface area (Å²) in [6.07, 6.45) is 3.51. The van der Waals surface area contributed by atoms with E-state index in [1.54, 1.807) is 5.01 Å². The third kappa shape index (κ3) is 4.10. The fourth-order valence-corrected chi connectivity index (χ4v) is 1.79. The Morgan fingerprint density at radius 2 is 1.87 bits per heavy atom. The van der Waals surface area contributed by atoms with Crippen LogP contribution in [0, 0.1) is 0 Å². The van der Waals surface area contributed by atoms with Gasteiger partial charge in [0, 0.05) is 30.4 Å². The van der Waals surface area contributed by atoms with Crippen LogP contribution in [0.3, 0.4) is 0 Å². The van der Waals surface area contributed by atoms with Gasteiger partial charge >= 0.3 is 0 Å². The summed E-state index contributed by atoms with van der Waals surface area (Å²) >= 11 is 12.1. The first kappa shape index (κ1) is 12.3. The van der Waals surface area contributed by atoms with Crippen molar-refractivity contribution in [3.05, 3.63) is 33.8 Å². The molecule has 0 spiro atoms. The number of hydrogen-bond donors (Lipinski definition) is 0. The molecule has 0 unspecified atom stereocenters. The van der Waals surface area contributed by atoms with Gasteiger partial charge in [-0.2, -0.15) is 5.10 Å². The quantitative estimate of drug-likeness (QED) is 0.585. The summed E-state index contributed by atoms with van der Waals surface area (Å²) in [5.41, 5.74) is 0.992. The van der Waals surface area contributed by atoms with E-state index in [4.69, 9.17) is 23.2 Å². The highest BCUT2D eigenvalue weighted by molar-refractivity contribution is 6.36. The number of nitrogens with zero attached hydrogens (tertiary/aromatic N) is 2. The molecular weight excluding hydrogens is 231 g/mol. The first-order chi connectivity index (χ1) is 7.11. The lowest BCUT2D eigenvalue weighted by Gasteiger charge is -2.05. The van der Waals surface area contributed by atoms with Crippen molar-refractivity contribution in [1.29, 1.82) is 0 Å². The van der Waals surface area contributed by atoms with Crippen molar-refractivity contribution >= 4 is 29.4 Å². The van der Waals surface area contributed by atoms with Crippen LogP contribution in [0.25, 0.3) is 0 Å². The van der Waals surface area contributed by atoms with Crippen molar-refractivity contribution in [2.45, 2.75) is 12.8 Å². The van der Waals surface area contributed by atoms with Crippen LogP contribution in [-0.4, -0.2) is 25.3 Å². The van der Waals surface area contributed by atoms with Crippen molar-refractivity contribution < 1.29 is 0 Å². The van der Waals surface area contributed by atoms with E-state index in [1.807, 2.05) is 38.5 Å². The molecule has 2 nitrogen and oxygen atoms in total. The molecule has 0 heterocycles. The minimum atomic E-state index is 0.723. The van der Waals surface area contributed by atoms with Gasteiger partial charge in [0.05, 0.1) is 0 Å². The summed E-state index contributed by atoms with van der Waals surface area (Å²) in [5.74, 6) is 0. The van der Waals surface area contributed by atoms with E-state index in [1.165, 1.54) is 0 Å². The summed E-state index contributed by atoms with van der Waals surface area (Å²) in [6.45, 7) is 0. The van der Waals surface area contributed by atoms with E-state index >= 15 is 0 Å². The highest BCUT2D eigenvalue weighted by Crippen LogP contribution is 2.25. The first-order valence-corrected chi connectivity index (χ1v) is 5.49. The molecule has 0 saturated carbocycles. The Hall–Kier alpha value is -0.730. The Bertz CT molecular complexity index is 328. The minimum Gasteiger partial charge on any atom is -0.303 e. The molecule has 0 aromatic heterocycles. The average Bonchev–Trinajstić information content (AvgIpc) is 2.15. The summed E-state index contributed by atoms with van der Waals surface area (Å²) in [4.78, 5) is 0. The standard InChI is InChI=1S/C11H14Cl2N2/c1-15(2)14-8-4-5-9-10(12)6-3-7-11(9)13/h3,6-8H,4-5H2,1-2H3/b14-8-. The Kier molecular flexibility index (Phi) is 4.92. The Morgan fingerprint density at radius 3 is 2.40 bits per heavy atom. The molecule has 0 bridgehead atoms. The van der Waals surface area contributed by atoms with Gasteiger partial charge in [0.1, 0.15) is 0 Å². The van der Waals surface area contributed by atoms with Crippen molar-refractivity contribution in [1.82, 2.24) is 5.01 Å². The van der Waals surface area contributed by atoms with Gasteiger partial charge in [-0.25, -0.2) is 0 Å². The van der Waals surface area contributed by atoms with Gasteiger partial charge in [0.25, 0.3) is 0 Å². The van der Waals surface area contributed by atoms with Crippen LogP contribution in [0.2, 0.25) is 10.0 Å². The van der Waals surface area contributed by atoms with Gasteiger partial charge in [0.2, 0.25) is 0 Å². The molecule has 1 aromatic rings. The summed E-state index contributed by atoms with van der Waals surface area (Å²) < 4.78 is 0. The molecule has 0 fully saturated rings. The van der Waals surface area contributed by atoms with E-state index < -0.39 is 0 Å². The molecule has 0 atom stereocenters. The molecule has 0 saturated heterocycles. The van der Waals surface area contributed by atoms with E-state index in [-0.39, 0.29) is 0 Å². The lowest BCUT2D eigenvalue weighted by molar-refractivity contribution is 0.439. The zero-order chi connectivity index (χ0) is 11.3. The molecule has 0 aliphatic carbocycles. The molecule has 15 heavy (non-hydrogen) atoms. The minimum absolute atomic E-state index is 0.723. The molecule has 82 valence electrons. The van der Waals surface area contributed by atoms with E-state index in [0.717, 1.165) is 28.5 Å². The normalized spacial score (nSPS) is 10.9. The van der Waals surface area contributed by atoms with Crippen LogP contribution < -0.4 is 0 Å². The van der Waals surface area contributed by atoms with Gasteiger partial charge in [-0.3, -0.25) is 0 Å². The molecule has 1 rings (SSSR count). The summed E-state index contributed by atoms with van der Waals surface area (Å²) in [6, 6.07) is 5.56. The van der Waals surface area contributed by atoms with Crippen LogP contribution in [0.15, 0.2) is 23.3 Å². The first-order valence-electron chi connectivity index (χ1n) is 4.74. The zero-order valence-electron chi connectivity index (χ0n) is 8.87. The van der Waals surface area contributed by atoms with Crippen molar-refractivity contribution in [3.63, 3.8) is 0 Å². The van der Waals surface area contributed by atoms with Gasteiger partial charge in [-0.15, -0.1) is 0 Å². The number of hydrazone groups is 1. The van der Waals surface area contributed by atoms with E-state index in [9.17, 15) is 0 Å². The van der Waals surface area contributed by atoms with E-state index in [0.29, 0.717) is 0 Å². The van der Waals surface area contributed by atoms with Crippen LogP contribution in [0.4, 0.5) is 0 Å². The molecule has 0 N–H and O–H groups in total. The number of hydrogen-bond acceptors (Lipinski definition) is 2. The number of benzene rings is 1. The van der Waals surface area contributed by atoms with Crippen LogP contribution in [0.1, 0.15) is 12.0 Å². The maximum absolute atomic E-state index is 6.03. The molecular formula is C11H14Cl2N2. The molecule has 0 amide bonds. The molecule has 4 heteroatoms. The van der Waals surface area contributed by atoms with Gasteiger partial charge in [-0.1, -0.05) is 29.3 Å². The molecule has 1 aromatic carbocycles. The van der Waals surface area contributed by atoms with Gasteiger partial charge in [-0.05, 0) is 30.5 Å². The second kappa shape index (κ2) is 5.99. The maximum atomic E-state index is 6.03. The molecule has 0 aliphatic heterocycles. The van der Waals surface area contributed by atoms with Crippen LogP contribution in [-0.2, 0) is 6.42 Å². The number of rotatable bonds is 4. The van der Waals surface area contributed by atoms with Gasteiger partial charge in [0.15, 0.2) is 0 Å². The lowest BCUT2D eigenvalue weighted by Crippen LogP contribution is -2.02. The highest BCUT2D eigenvalue weighted by atomic mass is 35.5. The van der Waals surface area contributed by atoms with E-state index in [2.05, 4.69) is 5.10 Å². The Morgan fingerprint density at radius 1 is 1.27 bits per heavy atom. The second-order valence-electron chi connectivity index (χ2n) is 3.38. The molecule has 0 radical (unpaired) electrons. The maximum Gasteiger partial charge on any atom is 0.0452 e. The smallest absolute Gasteiger partial charge is 0.0452 e. The Labute approximate surface area is 100 Å². The topological polar surface area (TPSA) is 15.6 Å². The lowest BCUT2D eigenvalue weighted by atomic mass is 10.1. The predicted octanol–water partition coefficient (Wildman–Crippen LogP) is 3.47.